The van der Waals surface area contributed by atoms with Crippen molar-refractivity contribution in [3.05, 3.63) is 0 Å². The van der Waals surface area contributed by atoms with E-state index in [2.05, 4.69) is 24.1 Å². The van der Waals surface area contributed by atoms with Crippen LogP contribution < -0.4 is 5.32 Å². The van der Waals surface area contributed by atoms with Crippen molar-refractivity contribution >= 4 is 0 Å². The summed E-state index contributed by atoms with van der Waals surface area (Å²) in [6.07, 6.45) is 5.28. The SMILES string of the molecule is CCCOC1CCCN(CC(NCC)C2CCOC2)C1. The van der Waals surface area contributed by atoms with Gasteiger partial charge in [0.05, 0.1) is 12.7 Å². The average molecular weight is 284 g/mol. The maximum atomic E-state index is 5.94. The second-order valence-corrected chi connectivity index (χ2v) is 6.18. The maximum Gasteiger partial charge on any atom is 0.0702 e. The van der Waals surface area contributed by atoms with E-state index in [1.54, 1.807) is 0 Å². The lowest BCUT2D eigenvalue weighted by atomic mass is 9.97. The highest BCUT2D eigenvalue weighted by Crippen LogP contribution is 2.20. The van der Waals surface area contributed by atoms with Crippen LogP contribution in [0.1, 0.15) is 39.5 Å². The molecule has 4 nitrogen and oxygen atoms in total. The van der Waals surface area contributed by atoms with Crippen molar-refractivity contribution in [2.24, 2.45) is 5.92 Å². The molecule has 118 valence electrons. The largest absolute Gasteiger partial charge is 0.381 e. The Morgan fingerprint density at radius 2 is 2.25 bits per heavy atom. The molecule has 4 heteroatoms. The van der Waals surface area contributed by atoms with Gasteiger partial charge in [0, 0.05) is 38.3 Å². The first-order valence-corrected chi connectivity index (χ1v) is 8.48. The van der Waals surface area contributed by atoms with Gasteiger partial charge in [-0.2, -0.15) is 0 Å². The van der Waals surface area contributed by atoms with Crippen molar-refractivity contribution in [3.63, 3.8) is 0 Å². The number of nitrogens with zero attached hydrogens (tertiary/aromatic N) is 1. The normalized spacial score (nSPS) is 29.7. The van der Waals surface area contributed by atoms with E-state index in [1.807, 2.05) is 0 Å². The van der Waals surface area contributed by atoms with Gasteiger partial charge in [-0.1, -0.05) is 13.8 Å². The summed E-state index contributed by atoms with van der Waals surface area (Å²) >= 11 is 0. The van der Waals surface area contributed by atoms with E-state index < -0.39 is 0 Å². The molecule has 2 fully saturated rings. The number of hydrogen-bond acceptors (Lipinski definition) is 4. The molecule has 2 heterocycles. The Balaban J connectivity index is 1.79. The van der Waals surface area contributed by atoms with Crippen molar-refractivity contribution in [2.45, 2.75) is 51.7 Å². The van der Waals surface area contributed by atoms with Crippen LogP contribution in [-0.2, 0) is 9.47 Å². The Morgan fingerprint density at radius 3 is 2.95 bits per heavy atom. The lowest BCUT2D eigenvalue weighted by Gasteiger charge is -2.36. The number of hydrogen-bond donors (Lipinski definition) is 1. The summed E-state index contributed by atoms with van der Waals surface area (Å²) in [4.78, 5) is 2.59. The van der Waals surface area contributed by atoms with Gasteiger partial charge < -0.3 is 14.8 Å². The summed E-state index contributed by atoms with van der Waals surface area (Å²) in [5, 5.41) is 3.67. The highest BCUT2D eigenvalue weighted by atomic mass is 16.5. The lowest BCUT2D eigenvalue weighted by Crippen LogP contribution is -2.50. The van der Waals surface area contributed by atoms with Crippen molar-refractivity contribution < 1.29 is 9.47 Å². The number of piperidine rings is 1. The molecule has 0 bridgehead atoms. The molecule has 3 atom stereocenters. The van der Waals surface area contributed by atoms with Gasteiger partial charge in [0.15, 0.2) is 0 Å². The number of likely N-dealkylation sites (N-methyl/N-ethyl adjacent to an activating group) is 1. The number of likely N-dealkylation sites (tertiary alicyclic amines) is 1. The minimum Gasteiger partial charge on any atom is -0.381 e. The molecule has 0 aliphatic carbocycles. The van der Waals surface area contributed by atoms with Crippen LogP contribution >= 0.6 is 0 Å². The fourth-order valence-electron chi connectivity index (χ4n) is 3.39. The molecule has 2 saturated heterocycles. The third-order valence-corrected chi connectivity index (χ3v) is 4.48. The third kappa shape index (κ3) is 4.99. The molecule has 0 aromatic heterocycles. The van der Waals surface area contributed by atoms with E-state index in [9.17, 15) is 0 Å². The molecular weight excluding hydrogens is 252 g/mol. The molecular formula is C16H32N2O2. The van der Waals surface area contributed by atoms with Crippen molar-refractivity contribution in [1.82, 2.24) is 10.2 Å². The maximum absolute atomic E-state index is 5.94. The summed E-state index contributed by atoms with van der Waals surface area (Å²) < 4.78 is 11.5. The summed E-state index contributed by atoms with van der Waals surface area (Å²) in [6, 6.07) is 0.576. The van der Waals surface area contributed by atoms with Crippen molar-refractivity contribution in [1.29, 1.82) is 0 Å². The standard InChI is InChI=1S/C16H32N2O2/c1-3-9-20-15-6-5-8-18(11-15)12-16(17-4-2)14-7-10-19-13-14/h14-17H,3-13H2,1-2H3. The molecule has 20 heavy (non-hydrogen) atoms. The number of rotatable bonds is 8. The van der Waals surface area contributed by atoms with Crippen LogP contribution in [0.25, 0.3) is 0 Å². The quantitative estimate of drug-likeness (QED) is 0.738. The minimum absolute atomic E-state index is 0.450. The second-order valence-electron chi connectivity index (χ2n) is 6.18. The smallest absolute Gasteiger partial charge is 0.0702 e. The molecule has 0 aromatic carbocycles. The number of nitrogens with one attached hydrogen (secondary N) is 1. The predicted octanol–water partition coefficient (Wildman–Crippen LogP) is 1.89. The van der Waals surface area contributed by atoms with E-state index in [-0.39, 0.29) is 0 Å². The van der Waals surface area contributed by atoms with Gasteiger partial charge in [-0.25, -0.2) is 0 Å². The van der Waals surface area contributed by atoms with Gasteiger partial charge >= 0.3 is 0 Å². The highest BCUT2D eigenvalue weighted by molar-refractivity contribution is 4.84. The van der Waals surface area contributed by atoms with Crippen LogP contribution in [0.15, 0.2) is 0 Å². The Labute approximate surface area is 124 Å². The molecule has 0 aromatic rings. The zero-order valence-corrected chi connectivity index (χ0v) is 13.3. The van der Waals surface area contributed by atoms with Crippen LogP contribution in [0.2, 0.25) is 0 Å². The van der Waals surface area contributed by atoms with E-state index in [0.717, 1.165) is 45.9 Å². The first kappa shape index (κ1) is 16.2. The van der Waals surface area contributed by atoms with Gasteiger partial charge in [-0.15, -0.1) is 0 Å². The fraction of sp³-hybridized carbons (Fsp3) is 1.00. The lowest BCUT2D eigenvalue weighted by molar-refractivity contribution is -0.00408. The average Bonchev–Trinajstić information content (AvgIpc) is 2.99. The number of ether oxygens (including phenoxy) is 2. The monoisotopic (exact) mass is 284 g/mol. The molecule has 2 aliphatic heterocycles. The van der Waals surface area contributed by atoms with Crippen LogP contribution in [0.4, 0.5) is 0 Å². The Hall–Kier alpha value is -0.160. The first-order chi connectivity index (χ1) is 9.83. The topological polar surface area (TPSA) is 33.7 Å². The summed E-state index contributed by atoms with van der Waals surface area (Å²) in [7, 11) is 0. The van der Waals surface area contributed by atoms with Gasteiger partial charge in [-0.05, 0) is 38.8 Å². The van der Waals surface area contributed by atoms with Gasteiger partial charge in [-0.3, -0.25) is 4.90 Å². The van der Waals surface area contributed by atoms with Crippen LogP contribution in [0, 0.1) is 5.92 Å². The fourth-order valence-corrected chi connectivity index (χ4v) is 3.39. The summed E-state index contributed by atoms with van der Waals surface area (Å²) in [5.41, 5.74) is 0. The molecule has 0 amide bonds. The minimum atomic E-state index is 0.450. The van der Waals surface area contributed by atoms with Crippen LogP contribution in [0.3, 0.4) is 0 Å². The summed E-state index contributed by atoms with van der Waals surface area (Å²) in [6.45, 7) is 11.7. The Kier molecular flexibility index (Phi) is 7.28. The summed E-state index contributed by atoms with van der Waals surface area (Å²) in [5.74, 6) is 0.687. The molecule has 2 aliphatic rings. The van der Waals surface area contributed by atoms with Crippen LogP contribution in [-0.4, -0.2) is 63.0 Å². The second kappa shape index (κ2) is 8.98. The molecule has 0 spiro atoms. The zero-order valence-electron chi connectivity index (χ0n) is 13.3. The van der Waals surface area contributed by atoms with E-state index in [0.29, 0.717) is 18.1 Å². The van der Waals surface area contributed by atoms with E-state index in [4.69, 9.17) is 9.47 Å². The van der Waals surface area contributed by atoms with Crippen LogP contribution in [0.5, 0.6) is 0 Å². The molecule has 1 N–H and O–H groups in total. The van der Waals surface area contributed by atoms with Gasteiger partial charge in [0.25, 0.3) is 0 Å². The molecule has 3 unspecified atom stereocenters. The Morgan fingerprint density at radius 1 is 1.35 bits per heavy atom. The zero-order chi connectivity index (χ0) is 14.2. The third-order valence-electron chi connectivity index (χ3n) is 4.48. The molecule has 0 radical (unpaired) electrons. The first-order valence-electron chi connectivity index (χ1n) is 8.48. The Bertz CT molecular complexity index is 257. The van der Waals surface area contributed by atoms with E-state index >= 15 is 0 Å². The highest BCUT2D eigenvalue weighted by Gasteiger charge is 2.29. The molecule has 2 rings (SSSR count). The van der Waals surface area contributed by atoms with Crippen molar-refractivity contribution in [3.8, 4) is 0 Å². The predicted molar refractivity (Wildman–Crippen MR) is 82.1 cm³/mol. The van der Waals surface area contributed by atoms with Gasteiger partial charge in [0.2, 0.25) is 0 Å². The van der Waals surface area contributed by atoms with Gasteiger partial charge in [0.1, 0.15) is 0 Å². The van der Waals surface area contributed by atoms with E-state index in [1.165, 1.54) is 25.8 Å². The molecule has 0 saturated carbocycles. The van der Waals surface area contributed by atoms with Crippen molar-refractivity contribution in [2.75, 3.05) is 46.0 Å².